The predicted molar refractivity (Wildman–Crippen MR) is 120 cm³/mol. The quantitative estimate of drug-likeness (QED) is 0.573. The molecule has 2 aromatic heterocycles. The van der Waals surface area contributed by atoms with Gasteiger partial charge < -0.3 is 5.32 Å². The molecule has 8 heteroatoms. The summed E-state index contributed by atoms with van der Waals surface area (Å²) >= 11 is 1.64. The second kappa shape index (κ2) is 9.14. The third-order valence-corrected chi connectivity index (χ3v) is 8.09. The van der Waals surface area contributed by atoms with E-state index in [9.17, 15) is 13.2 Å². The zero-order chi connectivity index (χ0) is 21.9. The van der Waals surface area contributed by atoms with Gasteiger partial charge in [0.15, 0.2) is 9.84 Å². The first-order valence-electron chi connectivity index (χ1n) is 9.84. The minimum Gasteiger partial charge on any atom is -0.353 e. The van der Waals surface area contributed by atoms with Gasteiger partial charge in [0.25, 0.3) is 0 Å². The summed E-state index contributed by atoms with van der Waals surface area (Å²) in [5, 5.41) is 9.14. The van der Waals surface area contributed by atoms with Crippen molar-refractivity contribution in [3.05, 3.63) is 69.7 Å². The maximum Gasteiger partial charge on any atom is 0.224 e. The Balaban J connectivity index is 1.67. The van der Waals surface area contributed by atoms with E-state index < -0.39 is 15.1 Å². The van der Waals surface area contributed by atoms with Crippen molar-refractivity contribution in [2.24, 2.45) is 0 Å². The molecule has 0 bridgehead atoms. The number of sulfone groups is 1. The number of carbonyl (C=O) groups excluding carboxylic acids is 1. The zero-order valence-electron chi connectivity index (χ0n) is 17.6. The minimum absolute atomic E-state index is 0.0683. The molecular weight excluding hydrogens is 418 g/mol. The number of nitrogens with one attached hydrogen (secondary N) is 1. The van der Waals surface area contributed by atoms with Crippen molar-refractivity contribution in [1.82, 2.24) is 15.1 Å². The highest BCUT2D eigenvalue weighted by Crippen LogP contribution is 2.24. The van der Waals surface area contributed by atoms with E-state index in [4.69, 9.17) is 0 Å². The summed E-state index contributed by atoms with van der Waals surface area (Å²) in [6.07, 6.45) is 0.191. The van der Waals surface area contributed by atoms with Crippen molar-refractivity contribution in [3.8, 4) is 0 Å². The van der Waals surface area contributed by atoms with Crippen molar-refractivity contribution in [1.29, 1.82) is 0 Å². The van der Waals surface area contributed by atoms with E-state index in [-0.39, 0.29) is 23.3 Å². The molecule has 1 amide bonds. The topological polar surface area (TPSA) is 81.1 Å². The molecule has 30 heavy (non-hydrogen) atoms. The molecule has 6 nitrogen and oxygen atoms in total. The Labute approximate surface area is 181 Å². The predicted octanol–water partition coefficient (Wildman–Crippen LogP) is 3.69. The number of aromatic nitrogens is 2. The van der Waals surface area contributed by atoms with Gasteiger partial charge in [0.2, 0.25) is 5.91 Å². The van der Waals surface area contributed by atoms with Crippen LogP contribution in [0.25, 0.3) is 0 Å². The average molecular weight is 446 g/mol. The van der Waals surface area contributed by atoms with E-state index >= 15 is 0 Å². The summed E-state index contributed by atoms with van der Waals surface area (Å²) in [6, 6.07) is 12.5. The van der Waals surface area contributed by atoms with Crippen LogP contribution < -0.4 is 5.32 Å². The Kier molecular flexibility index (Phi) is 6.77. The van der Waals surface area contributed by atoms with Crippen LogP contribution in [0.2, 0.25) is 0 Å². The molecule has 0 spiro atoms. The maximum absolute atomic E-state index is 12.5. The summed E-state index contributed by atoms with van der Waals surface area (Å²) in [7, 11) is -3.31. The molecule has 3 aromatic rings. The van der Waals surface area contributed by atoms with E-state index in [1.807, 2.05) is 42.1 Å². The maximum atomic E-state index is 12.5. The molecule has 0 radical (unpaired) electrons. The number of hydrogen-bond donors (Lipinski definition) is 1. The number of carbonyl (C=O) groups is 1. The fourth-order valence-corrected chi connectivity index (χ4v) is 5.15. The average Bonchev–Trinajstić information content (AvgIpc) is 3.32. The lowest BCUT2D eigenvalue weighted by molar-refractivity contribution is -0.120. The molecule has 1 N–H and O–H groups in total. The molecule has 0 saturated heterocycles. The second-order valence-corrected chi connectivity index (χ2v) is 11.1. The van der Waals surface area contributed by atoms with Crippen LogP contribution in [0, 0.1) is 13.8 Å². The van der Waals surface area contributed by atoms with Crippen molar-refractivity contribution >= 4 is 27.1 Å². The van der Waals surface area contributed by atoms with Gasteiger partial charge in [-0.25, -0.2) is 8.42 Å². The highest BCUT2D eigenvalue weighted by molar-refractivity contribution is 7.92. The van der Waals surface area contributed by atoms with Crippen molar-refractivity contribution < 1.29 is 13.2 Å². The Morgan fingerprint density at radius 1 is 1.17 bits per heavy atom. The van der Waals surface area contributed by atoms with Gasteiger partial charge in [-0.2, -0.15) is 5.10 Å². The smallest absolute Gasteiger partial charge is 0.224 e. The van der Waals surface area contributed by atoms with E-state index in [0.29, 0.717) is 6.54 Å². The lowest BCUT2D eigenvalue weighted by Crippen LogP contribution is -2.32. The summed E-state index contributed by atoms with van der Waals surface area (Å²) in [5.74, 6) is -0.113. The second-order valence-electron chi connectivity index (χ2n) is 7.62. The van der Waals surface area contributed by atoms with Gasteiger partial charge in [0.05, 0.1) is 22.3 Å². The first-order valence-corrected chi connectivity index (χ1v) is 12.3. The standard InChI is InChI=1S/C22H27N3O3S2/c1-15(2)30(27,28)19-9-7-18(8-10-19)13-22(26)23-14-20(21-6-5-11-29-21)25-17(4)12-16(3)24-25/h5-12,15,20H,13-14H2,1-4H3,(H,23,26)/t20-/m1/s1. The molecule has 3 rings (SSSR count). The first-order chi connectivity index (χ1) is 14.2. The van der Waals surface area contributed by atoms with Crippen LogP contribution >= 0.6 is 11.3 Å². The molecule has 160 valence electrons. The summed E-state index contributed by atoms with van der Waals surface area (Å²) in [5.41, 5.74) is 2.76. The van der Waals surface area contributed by atoms with E-state index in [1.54, 1.807) is 49.4 Å². The Bertz CT molecular complexity index is 1100. The van der Waals surface area contributed by atoms with E-state index in [0.717, 1.165) is 21.8 Å². The van der Waals surface area contributed by atoms with Gasteiger partial charge in [-0.15, -0.1) is 11.3 Å². The molecular formula is C22H27N3O3S2. The van der Waals surface area contributed by atoms with Crippen LogP contribution in [0.3, 0.4) is 0 Å². The molecule has 0 saturated carbocycles. The summed E-state index contributed by atoms with van der Waals surface area (Å²) in [4.78, 5) is 14.0. The van der Waals surface area contributed by atoms with Crippen molar-refractivity contribution in [2.45, 2.75) is 50.3 Å². The van der Waals surface area contributed by atoms with Crippen LogP contribution in [0.15, 0.2) is 52.7 Å². The van der Waals surface area contributed by atoms with Crippen LogP contribution in [0.4, 0.5) is 0 Å². The molecule has 0 unspecified atom stereocenters. The normalized spacial score (nSPS) is 12.8. The molecule has 0 aliphatic rings. The molecule has 0 fully saturated rings. The highest BCUT2D eigenvalue weighted by Gasteiger charge is 2.20. The zero-order valence-corrected chi connectivity index (χ0v) is 19.3. The molecule has 0 aliphatic heterocycles. The van der Waals surface area contributed by atoms with Gasteiger partial charge >= 0.3 is 0 Å². The first kappa shape index (κ1) is 22.2. The number of rotatable bonds is 8. The highest BCUT2D eigenvalue weighted by atomic mass is 32.2. The Morgan fingerprint density at radius 3 is 2.40 bits per heavy atom. The minimum atomic E-state index is -3.31. The molecule has 1 atom stereocenters. The van der Waals surface area contributed by atoms with E-state index in [2.05, 4.69) is 10.4 Å². The van der Waals surface area contributed by atoms with Crippen LogP contribution in [-0.2, 0) is 21.1 Å². The fraction of sp³-hybridized carbons (Fsp3) is 0.364. The number of thiophene rings is 1. The number of nitrogens with zero attached hydrogens (tertiary/aromatic N) is 2. The number of benzene rings is 1. The lowest BCUT2D eigenvalue weighted by atomic mass is 10.1. The number of hydrogen-bond acceptors (Lipinski definition) is 5. The van der Waals surface area contributed by atoms with Crippen LogP contribution in [0.1, 0.15) is 41.7 Å². The summed E-state index contributed by atoms with van der Waals surface area (Å²) < 4.78 is 26.4. The van der Waals surface area contributed by atoms with Crippen molar-refractivity contribution in [2.75, 3.05) is 6.54 Å². The third kappa shape index (κ3) is 4.99. The molecule has 1 aromatic carbocycles. The molecule has 0 aliphatic carbocycles. The van der Waals surface area contributed by atoms with Gasteiger partial charge in [0, 0.05) is 17.1 Å². The number of amides is 1. The Hall–Kier alpha value is -2.45. The largest absolute Gasteiger partial charge is 0.353 e. The molecule has 2 heterocycles. The van der Waals surface area contributed by atoms with Gasteiger partial charge in [-0.1, -0.05) is 18.2 Å². The van der Waals surface area contributed by atoms with Crippen molar-refractivity contribution in [3.63, 3.8) is 0 Å². The monoisotopic (exact) mass is 445 g/mol. The lowest BCUT2D eigenvalue weighted by Gasteiger charge is -2.19. The SMILES string of the molecule is Cc1cc(C)n([C@H](CNC(=O)Cc2ccc(S(=O)(=O)C(C)C)cc2)c2cccs2)n1. The van der Waals surface area contributed by atoms with Gasteiger partial charge in [0.1, 0.15) is 6.04 Å². The van der Waals surface area contributed by atoms with Crippen LogP contribution in [-0.4, -0.2) is 35.9 Å². The third-order valence-electron chi connectivity index (χ3n) is 4.94. The summed E-state index contributed by atoms with van der Waals surface area (Å²) in [6.45, 7) is 7.71. The van der Waals surface area contributed by atoms with Crippen LogP contribution in [0.5, 0.6) is 0 Å². The van der Waals surface area contributed by atoms with E-state index in [1.165, 1.54) is 0 Å². The van der Waals surface area contributed by atoms with Gasteiger partial charge in [-0.3, -0.25) is 9.48 Å². The number of aryl methyl sites for hydroxylation is 2. The fourth-order valence-electron chi connectivity index (χ4n) is 3.28. The van der Waals surface area contributed by atoms with Gasteiger partial charge in [-0.05, 0) is 62.9 Å². The Morgan fingerprint density at radius 2 is 1.87 bits per heavy atom.